The zero-order valence-corrected chi connectivity index (χ0v) is 10.1. The fraction of sp³-hybridized carbons (Fsp3) is 0.778. The van der Waals surface area contributed by atoms with E-state index in [0.717, 1.165) is 0 Å². The molecule has 0 aliphatic carbocycles. The Labute approximate surface area is 97.1 Å². The molecule has 0 aromatic carbocycles. The molecule has 0 spiro atoms. The smallest absolute Gasteiger partial charge is 0.327 e. The van der Waals surface area contributed by atoms with E-state index in [9.17, 15) is 9.59 Å². The van der Waals surface area contributed by atoms with Crippen LogP contribution in [0.3, 0.4) is 0 Å². The van der Waals surface area contributed by atoms with Gasteiger partial charge in [-0.1, -0.05) is 0 Å². The predicted octanol–water partition coefficient (Wildman–Crippen LogP) is -0.565. The number of nitrogens with zero attached hydrogens (tertiary/aromatic N) is 1. The summed E-state index contributed by atoms with van der Waals surface area (Å²) in [7, 11) is 1.36. The monoisotopic (exact) mass is 246 g/mol. The van der Waals surface area contributed by atoms with Gasteiger partial charge >= 0.3 is 5.97 Å². The van der Waals surface area contributed by atoms with Crippen LogP contribution in [0.25, 0.3) is 0 Å². The van der Waals surface area contributed by atoms with Gasteiger partial charge in [-0.2, -0.15) is 0 Å². The van der Waals surface area contributed by atoms with Crippen LogP contribution in [0.15, 0.2) is 0 Å². The van der Waals surface area contributed by atoms with Crippen molar-refractivity contribution in [2.45, 2.75) is 35.7 Å². The topological polar surface area (TPSA) is 92.9 Å². The highest BCUT2D eigenvalue weighted by Gasteiger charge is 2.70. The number of β-lactam (4-membered cyclic amide) rings is 1. The summed E-state index contributed by atoms with van der Waals surface area (Å²) in [6.07, 6.45) is 0. The molecule has 0 unspecified atom stereocenters. The first-order valence-corrected chi connectivity index (χ1v) is 5.71. The molecule has 3 N–H and O–H groups in total. The molecule has 3 atom stereocenters. The highest BCUT2D eigenvalue weighted by atomic mass is 32.2. The number of carbonyl (C=O) groups is 2. The van der Waals surface area contributed by atoms with Gasteiger partial charge in [-0.3, -0.25) is 10.5 Å². The normalized spacial score (nSPS) is 40.5. The number of amides is 1. The minimum absolute atomic E-state index is 0.416. The quantitative estimate of drug-likeness (QED) is 0.501. The van der Waals surface area contributed by atoms with Crippen molar-refractivity contribution < 1.29 is 19.4 Å². The van der Waals surface area contributed by atoms with Crippen molar-refractivity contribution in [2.24, 2.45) is 5.73 Å². The van der Waals surface area contributed by atoms with Gasteiger partial charge in [-0.25, -0.2) is 4.79 Å². The highest BCUT2D eigenvalue weighted by molar-refractivity contribution is 8.01. The standard InChI is InChI=1S/C9H14N2O4S/c1-8(2)4(5(12)13)11-6(14)9(10,15-3)7(11)16-8/h4,7H,10H2,1-3H3,(H,12,13)/t4-,7+,9+/m0/s1. The number of carbonyl (C=O) groups excluding carboxylic acids is 1. The van der Waals surface area contributed by atoms with E-state index in [1.165, 1.54) is 23.8 Å². The summed E-state index contributed by atoms with van der Waals surface area (Å²) in [5.41, 5.74) is 4.42. The van der Waals surface area contributed by atoms with Crippen LogP contribution in [-0.2, 0) is 14.3 Å². The Bertz CT molecular complexity index is 373. The lowest BCUT2D eigenvalue weighted by molar-refractivity contribution is -0.192. The molecular weight excluding hydrogens is 232 g/mol. The predicted molar refractivity (Wildman–Crippen MR) is 57.7 cm³/mol. The average molecular weight is 246 g/mol. The van der Waals surface area contributed by atoms with E-state index >= 15 is 0 Å². The fourth-order valence-corrected chi connectivity index (χ4v) is 3.86. The summed E-state index contributed by atoms with van der Waals surface area (Å²) < 4.78 is 4.43. The number of nitrogens with two attached hydrogens (primary N) is 1. The highest BCUT2D eigenvalue weighted by Crippen LogP contribution is 2.54. The molecule has 0 radical (unpaired) electrons. The molecule has 90 valence electrons. The van der Waals surface area contributed by atoms with Gasteiger partial charge < -0.3 is 14.7 Å². The number of thioether (sulfide) groups is 1. The van der Waals surface area contributed by atoms with Gasteiger partial charge in [0.05, 0.1) is 0 Å². The molecule has 2 fully saturated rings. The third-order valence-electron chi connectivity index (χ3n) is 3.11. The van der Waals surface area contributed by atoms with E-state index in [1.54, 1.807) is 13.8 Å². The summed E-state index contributed by atoms with van der Waals surface area (Å²) in [6, 6.07) is -0.846. The Morgan fingerprint density at radius 1 is 1.62 bits per heavy atom. The number of methoxy groups -OCH3 is 1. The maximum atomic E-state index is 11.8. The fourth-order valence-electron chi connectivity index (χ4n) is 2.24. The van der Waals surface area contributed by atoms with Gasteiger partial charge in [0.15, 0.2) is 0 Å². The first-order valence-electron chi connectivity index (χ1n) is 4.83. The third-order valence-corrected chi connectivity index (χ3v) is 4.74. The Morgan fingerprint density at radius 3 is 2.62 bits per heavy atom. The minimum Gasteiger partial charge on any atom is -0.480 e. The van der Waals surface area contributed by atoms with Crippen LogP contribution in [0.1, 0.15) is 13.8 Å². The molecule has 0 aromatic heterocycles. The van der Waals surface area contributed by atoms with Gasteiger partial charge in [-0.15, -0.1) is 11.8 Å². The lowest BCUT2D eigenvalue weighted by Crippen LogP contribution is -2.78. The van der Waals surface area contributed by atoms with Crippen molar-refractivity contribution in [3.8, 4) is 0 Å². The van der Waals surface area contributed by atoms with Crippen LogP contribution < -0.4 is 5.73 Å². The maximum absolute atomic E-state index is 11.8. The molecule has 0 bridgehead atoms. The van der Waals surface area contributed by atoms with Crippen molar-refractivity contribution in [2.75, 3.05) is 7.11 Å². The Kier molecular flexibility index (Phi) is 2.28. The molecule has 2 heterocycles. The summed E-state index contributed by atoms with van der Waals surface area (Å²) in [5, 5.41) is 8.73. The van der Waals surface area contributed by atoms with E-state index < -0.39 is 33.8 Å². The van der Waals surface area contributed by atoms with Crippen LogP contribution in [0.5, 0.6) is 0 Å². The van der Waals surface area contributed by atoms with E-state index in [1.807, 2.05) is 0 Å². The molecule has 16 heavy (non-hydrogen) atoms. The van der Waals surface area contributed by atoms with Crippen molar-refractivity contribution in [3.05, 3.63) is 0 Å². The lowest BCUT2D eigenvalue weighted by Gasteiger charge is -2.49. The van der Waals surface area contributed by atoms with E-state index in [4.69, 9.17) is 15.6 Å². The molecule has 2 saturated heterocycles. The number of fused-ring (bicyclic) bond motifs is 1. The first-order chi connectivity index (χ1) is 7.25. The van der Waals surface area contributed by atoms with Gasteiger partial charge in [0.2, 0.25) is 5.72 Å². The molecule has 7 heteroatoms. The van der Waals surface area contributed by atoms with Crippen molar-refractivity contribution in [1.29, 1.82) is 0 Å². The molecule has 6 nitrogen and oxygen atoms in total. The number of carboxylic acid groups (broad SMARTS) is 1. The lowest BCUT2D eigenvalue weighted by atomic mass is 9.94. The van der Waals surface area contributed by atoms with Crippen molar-refractivity contribution in [1.82, 2.24) is 4.90 Å². The van der Waals surface area contributed by atoms with E-state index in [2.05, 4.69) is 0 Å². The molecule has 2 aliphatic rings. The summed E-state index contributed by atoms with van der Waals surface area (Å²) >= 11 is 1.36. The second-order valence-electron chi connectivity index (χ2n) is 4.52. The van der Waals surface area contributed by atoms with Crippen molar-refractivity contribution >= 4 is 23.6 Å². The molecule has 2 aliphatic heterocycles. The third kappa shape index (κ3) is 1.16. The Balaban J connectivity index is 2.35. The maximum Gasteiger partial charge on any atom is 0.327 e. The number of aliphatic carboxylic acids is 1. The second kappa shape index (κ2) is 3.12. The number of ether oxygens (including phenoxy) is 1. The number of carboxylic acids is 1. The SMILES string of the molecule is CO[C@]1(N)C(=O)N2[C@@H](C(=O)O)C(C)(C)S[C@@H]21. The van der Waals surface area contributed by atoms with Gasteiger partial charge in [0, 0.05) is 11.9 Å². The zero-order valence-electron chi connectivity index (χ0n) is 9.26. The van der Waals surface area contributed by atoms with E-state index in [-0.39, 0.29) is 0 Å². The van der Waals surface area contributed by atoms with Crippen LogP contribution in [0, 0.1) is 0 Å². The summed E-state index contributed by atoms with van der Waals surface area (Å²) in [5.74, 6) is -1.46. The summed E-state index contributed by atoms with van der Waals surface area (Å²) in [6.45, 7) is 3.58. The number of hydrogen-bond donors (Lipinski definition) is 2. The van der Waals surface area contributed by atoms with Crippen LogP contribution >= 0.6 is 11.8 Å². The first kappa shape index (κ1) is 11.7. The number of rotatable bonds is 2. The van der Waals surface area contributed by atoms with Crippen LogP contribution in [0.2, 0.25) is 0 Å². The molecule has 2 rings (SSSR count). The van der Waals surface area contributed by atoms with Gasteiger partial charge in [0.1, 0.15) is 11.4 Å². The molecule has 0 aromatic rings. The number of hydrogen-bond acceptors (Lipinski definition) is 5. The second-order valence-corrected chi connectivity index (χ2v) is 6.26. The van der Waals surface area contributed by atoms with Gasteiger partial charge in [-0.05, 0) is 13.8 Å². The van der Waals surface area contributed by atoms with E-state index in [0.29, 0.717) is 0 Å². The molecule has 0 saturated carbocycles. The minimum atomic E-state index is -1.37. The molecular formula is C9H14N2O4S. The zero-order chi connectivity index (χ0) is 12.3. The van der Waals surface area contributed by atoms with Crippen LogP contribution in [-0.4, -0.2) is 50.9 Å². The molecule has 1 amide bonds. The Hall–Kier alpha value is -0.790. The van der Waals surface area contributed by atoms with Gasteiger partial charge in [0.25, 0.3) is 5.91 Å². The van der Waals surface area contributed by atoms with Crippen LogP contribution in [0.4, 0.5) is 0 Å². The summed E-state index contributed by atoms with van der Waals surface area (Å²) in [4.78, 5) is 24.3. The Morgan fingerprint density at radius 2 is 2.19 bits per heavy atom. The largest absolute Gasteiger partial charge is 0.480 e. The van der Waals surface area contributed by atoms with Crippen molar-refractivity contribution in [3.63, 3.8) is 0 Å². The average Bonchev–Trinajstić information content (AvgIpc) is 2.46.